The van der Waals surface area contributed by atoms with E-state index >= 15 is 0 Å². The summed E-state index contributed by atoms with van der Waals surface area (Å²) in [7, 11) is -0.613. The van der Waals surface area contributed by atoms with Crippen LogP contribution in [0, 0.1) is 5.82 Å². The van der Waals surface area contributed by atoms with E-state index in [1.807, 2.05) is 27.7 Å². The van der Waals surface area contributed by atoms with Gasteiger partial charge >= 0.3 is 13.3 Å². The van der Waals surface area contributed by atoms with Gasteiger partial charge in [0.15, 0.2) is 0 Å². The fourth-order valence-electron chi connectivity index (χ4n) is 2.76. The Kier molecular flexibility index (Phi) is 5.25. The van der Waals surface area contributed by atoms with E-state index < -0.39 is 47.5 Å². The maximum atomic E-state index is 13.8. The molecule has 0 bridgehead atoms. The van der Waals surface area contributed by atoms with E-state index in [0.717, 1.165) is 0 Å². The van der Waals surface area contributed by atoms with E-state index in [4.69, 9.17) is 9.31 Å². The summed E-state index contributed by atoms with van der Waals surface area (Å²) in [6.45, 7) is 7.66. The molecule has 3 rings (SSSR count). The van der Waals surface area contributed by atoms with Gasteiger partial charge in [0.1, 0.15) is 5.82 Å². The molecule has 2 aromatic rings. The smallest absolute Gasteiger partial charge is 0.399 e. The van der Waals surface area contributed by atoms with E-state index in [9.17, 15) is 22.4 Å². The Bertz CT molecular complexity index is 910. The van der Waals surface area contributed by atoms with Gasteiger partial charge in [0, 0.05) is 5.56 Å². The van der Waals surface area contributed by atoms with Gasteiger partial charge in [-0.1, -0.05) is 12.1 Å². The van der Waals surface area contributed by atoms with Crippen LogP contribution in [0.25, 0.3) is 0 Å². The lowest BCUT2D eigenvalue weighted by Gasteiger charge is -2.32. The highest BCUT2D eigenvalue weighted by Gasteiger charge is 2.51. The van der Waals surface area contributed by atoms with Crippen molar-refractivity contribution in [1.29, 1.82) is 0 Å². The predicted octanol–water partition coefficient (Wildman–Crippen LogP) is 4.40. The molecule has 1 amide bonds. The number of halogens is 4. The van der Waals surface area contributed by atoms with Gasteiger partial charge in [-0.2, -0.15) is 13.2 Å². The number of nitrogens with one attached hydrogen (secondary N) is 1. The van der Waals surface area contributed by atoms with Gasteiger partial charge in [-0.05, 0) is 63.5 Å². The van der Waals surface area contributed by atoms with Crippen molar-refractivity contribution in [3.05, 3.63) is 59.4 Å². The number of amides is 1. The van der Waals surface area contributed by atoms with E-state index in [1.165, 1.54) is 12.1 Å². The number of carbonyl (C=O) groups is 1. The molecule has 0 spiro atoms. The number of carbonyl (C=O) groups excluding carboxylic acids is 1. The van der Waals surface area contributed by atoms with Crippen molar-refractivity contribution < 1.29 is 31.7 Å². The van der Waals surface area contributed by atoms with Crippen LogP contribution >= 0.6 is 0 Å². The standard InChI is InChI=1S/C20H20BF4NO3/c1-18(2)19(3,4)29-21(28-18)14-8-5-12(6-9-14)17(27)26-16-11-13(20(23,24)25)7-10-15(16)22/h5-11H,1-4H3,(H,26,27). The molecular formula is C20H20BF4NO3. The Morgan fingerprint density at radius 1 is 0.966 bits per heavy atom. The summed E-state index contributed by atoms with van der Waals surface area (Å²) in [4.78, 5) is 12.3. The largest absolute Gasteiger partial charge is 0.494 e. The van der Waals surface area contributed by atoms with Crippen LogP contribution in [0.15, 0.2) is 42.5 Å². The highest BCUT2D eigenvalue weighted by molar-refractivity contribution is 6.62. The number of hydrogen-bond acceptors (Lipinski definition) is 3. The maximum absolute atomic E-state index is 13.8. The van der Waals surface area contributed by atoms with Gasteiger partial charge in [0.2, 0.25) is 0 Å². The van der Waals surface area contributed by atoms with Crippen LogP contribution in [0.3, 0.4) is 0 Å². The number of hydrogen-bond donors (Lipinski definition) is 1. The Morgan fingerprint density at radius 2 is 1.52 bits per heavy atom. The highest BCUT2D eigenvalue weighted by Crippen LogP contribution is 2.36. The Labute approximate surface area is 166 Å². The SMILES string of the molecule is CC1(C)OB(c2ccc(C(=O)Nc3cc(C(F)(F)F)ccc3F)cc2)OC1(C)C. The number of anilines is 1. The fraction of sp³-hybridized carbons (Fsp3) is 0.350. The predicted molar refractivity (Wildman–Crippen MR) is 102 cm³/mol. The summed E-state index contributed by atoms with van der Waals surface area (Å²) in [5.74, 6) is -1.69. The molecule has 1 aliphatic rings. The normalized spacial score (nSPS) is 18.0. The van der Waals surface area contributed by atoms with Gasteiger partial charge < -0.3 is 14.6 Å². The topological polar surface area (TPSA) is 47.6 Å². The van der Waals surface area contributed by atoms with Gasteiger partial charge in [0.25, 0.3) is 5.91 Å². The minimum absolute atomic E-state index is 0.155. The first-order valence-corrected chi connectivity index (χ1v) is 8.94. The van der Waals surface area contributed by atoms with Gasteiger partial charge in [-0.15, -0.1) is 0 Å². The van der Waals surface area contributed by atoms with Gasteiger partial charge in [0.05, 0.1) is 22.5 Å². The molecule has 154 valence electrons. The van der Waals surface area contributed by atoms with Crippen molar-refractivity contribution in [1.82, 2.24) is 0 Å². The first-order valence-electron chi connectivity index (χ1n) is 8.94. The molecule has 0 saturated carbocycles. The molecule has 1 saturated heterocycles. The molecule has 1 N–H and O–H groups in total. The molecule has 9 heteroatoms. The van der Waals surface area contributed by atoms with Crippen molar-refractivity contribution in [2.24, 2.45) is 0 Å². The molecule has 1 aliphatic heterocycles. The third-order valence-corrected chi connectivity index (χ3v) is 5.24. The molecule has 1 fully saturated rings. The molecule has 0 aromatic heterocycles. The Morgan fingerprint density at radius 3 is 2.03 bits per heavy atom. The molecule has 0 unspecified atom stereocenters. The zero-order chi connectivity index (χ0) is 21.6. The molecule has 0 atom stereocenters. The summed E-state index contributed by atoms with van der Waals surface area (Å²) in [5, 5.41) is 2.18. The second-order valence-corrected chi connectivity index (χ2v) is 7.86. The van der Waals surface area contributed by atoms with Crippen LogP contribution < -0.4 is 10.8 Å². The number of rotatable bonds is 3. The average molecular weight is 409 g/mol. The second kappa shape index (κ2) is 7.14. The van der Waals surface area contributed by atoms with Crippen LogP contribution in [0.1, 0.15) is 43.6 Å². The minimum atomic E-state index is -4.64. The first-order chi connectivity index (χ1) is 13.3. The van der Waals surface area contributed by atoms with Crippen molar-refractivity contribution in [3.63, 3.8) is 0 Å². The summed E-state index contributed by atoms with van der Waals surface area (Å²) >= 11 is 0. The molecule has 0 radical (unpaired) electrons. The van der Waals surface area contributed by atoms with E-state index in [2.05, 4.69) is 5.32 Å². The van der Waals surface area contributed by atoms with Crippen LogP contribution in [0.4, 0.5) is 23.2 Å². The van der Waals surface area contributed by atoms with Crippen LogP contribution in [0.5, 0.6) is 0 Å². The van der Waals surface area contributed by atoms with Crippen LogP contribution in [-0.2, 0) is 15.5 Å². The fourth-order valence-corrected chi connectivity index (χ4v) is 2.76. The summed E-state index contributed by atoms with van der Waals surface area (Å²) in [6.07, 6.45) is -4.64. The zero-order valence-electron chi connectivity index (χ0n) is 16.4. The van der Waals surface area contributed by atoms with Crippen LogP contribution in [0.2, 0.25) is 0 Å². The molecule has 4 nitrogen and oxygen atoms in total. The van der Waals surface area contributed by atoms with Crippen molar-refractivity contribution in [3.8, 4) is 0 Å². The molecule has 0 aliphatic carbocycles. The number of alkyl halides is 3. The zero-order valence-corrected chi connectivity index (χ0v) is 16.4. The average Bonchev–Trinajstić information content (AvgIpc) is 2.83. The highest BCUT2D eigenvalue weighted by atomic mass is 19.4. The maximum Gasteiger partial charge on any atom is 0.494 e. The van der Waals surface area contributed by atoms with Gasteiger partial charge in [-0.3, -0.25) is 4.79 Å². The third kappa shape index (κ3) is 4.30. The summed E-state index contributed by atoms with van der Waals surface area (Å²) in [6, 6.07) is 8.04. The Hall–Kier alpha value is -2.39. The molecule has 2 aromatic carbocycles. The lowest BCUT2D eigenvalue weighted by Crippen LogP contribution is -2.41. The summed E-state index contributed by atoms with van der Waals surface area (Å²) < 4.78 is 64.1. The van der Waals surface area contributed by atoms with E-state index in [0.29, 0.717) is 23.7 Å². The monoisotopic (exact) mass is 409 g/mol. The lowest BCUT2D eigenvalue weighted by atomic mass is 9.79. The van der Waals surface area contributed by atoms with Gasteiger partial charge in [-0.25, -0.2) is 4.39 Å². The number of benzene rings is 2. The quantitative estimate of drug-likeness (QED) is 0.604. The third-order valence-electron chi connectivity index (χ3n) is 5.24. The summed E-state index contributed by atoms with van der Waals surface area (Å²) in [5.41, 5.74) is -1.79. The molecule has 29 heavy (non-hydrogen) atoms. The van der Waals surface area contributed by atoms with Crippen LogP contribution in [-0.4, -0.2) is 24.2 Å². The molecular weight excluding hydrogens is 389 g/mol. The van der Waals surface area contributed by atoms with Crippen molar-refractivity contribution in [2.75, 3.05) is 5.32 Å². The first kappa shape index (κ1) is 21.3. The molecule has 1 heterocycles. The van der Waals surface area contributed by atoms with Crippen molar-refractivity contribution >= 4 is 24.2 Å². The Balaban J connectivity index is 1.75. The van der Waals surface area contributed by atoms with E-state index in [-0.39, 0.29) is 5.56 Å². The second-order valence-electron chi connectivity index (χ2n) is 7.86. The lowest BCUT2D eigenvalue weighted by molar-refractivity contribution is -0.137. The minimum Gasteiger partial charge on any atom is -0.399 e. The van der Waals surface area contributed by atoms with E-state index in [1.54, 1.807) is 12.1 Å². The van der Waals surface area contributed by atoms with Crippen molar-refractivity contribution in [2.45, 2.75) is 45.1 Å².